The molecule has 19 heavy (non-hydrogen) atoms. The van der Waals surface area contributed by atoms with Crippen molar-refractivity contribution in [3.63, 3.8) is 0 Å². The summed E-state index contributed by atoms with van der Waals surface area (Å²) >= 11 is 6.11. The number of benzene rings is 1. The number of rotatable bonds is 2. The molecule has 0 aromatic heterocycles. The Labute approximate surface area is 126 Å². The van der Waals surface area contributed by atoms with Crippen molar-refractivity contribution in [3.05, 3.63) is 46.9 Å². The summed E-state index contributed by atoms with van der Waals surface area (Å²) in [6.45, 7) is 6.75. The van der Waals surface area contributed by atoms with E-state index >= 15 is 0 Å². The van der Waals surface area contributed by atoms with Crippen LogP contribution in [0.25, 0.3) is 0 Å². The Kier molecular flexibility index (Phi) is 10.4. The summed E-state index contributed by atoms with van der Waals surface area (Å²) in [5.41, 5.74) is 2.42. The van der Waals surface area contributed by atoms with Crippen LogP contribution in [0.2, 0.25) is 0 Å². The number of aryl methyl sites for hydroxylation is 1. The number of hydrogen-bond donors (Lipinski definition) is 0. The maximum absolute atomic E-state index is 11.5. The maximum atomic E-state index is 11.5. The van der Waals surface area contributed by atoms with E-state index in [1.54, 1.807) is 4.31 Å². The average molecular weight is 300 g/mol. The number of amides is 1. The maximum Gasteiger partial charge on any atom is 0.236 e. The lowest BCUT2D eigenvalue weighted by Crippen LogP contribution is -2.24. The SMILES string of the molecule is CC.CCl.Cc1ccc(CN2SC=CCC2=O)cc1. The molecular weight excluding hydrogens is 278 g/mol. The summed E-state index contributed by atoms with van der Waals surface area (Å²) in [5, 5.41) is 1.97. The van der Waals surface area contributed by atoms with Gasteiger partial charge in [0.15, 0.2) is 0 Å². The standard InChI is InChI=1S/C12H13NOS.C2H6.CH3Cl/c1-10-4-6-11(7-5-10)9-13-12(14)3-2-8-15-13;2*1-2/h2,4-8H,3,9H2,1H3;1-2H3;1H3. The molecule has 0 spiro atoms. The van der Waals surface area contributed by atoms with Crippen LogP contribution in [0.15, 0.2) is 35.7 Å². The molecule has 2 rings (SSSR count). The van der Waals surface area contributed by atoms with Gasteiger partial charge in [-0.25, -0.2) is 0 Å². The fourth-order valence-corrected chi connectivity index (χ4v) is 2.16. The van der Waals surface area contributed by atoms with Gasteiger partial charge < -0.3 is 0 Å². The van der Waals surface area contributed by atoms with Crippen molar-refractivity contribution in [3.8, 4) is 0 Å². The predicted octanol–water partition coefficient (Wildman–Crippen LogP) is 4.77. The van der Waals surface area contributed by atoms with Crippen LogP contribution in [0.1, 0.15) is 31.4 Å². The first-order chi connectivity index (χ1) is 9.25. The summed E-state index contributed by atoms with van der Waals surface area (Å²) in [4.78, 5) is 11.5. The molecule has 1 aliphatic rings. The van der Waals surface area contributed by atoms with Crippen LogP contribution in [0.5, 0.6) is 0 Å². The summed E-state index contributed by atoms with van der Waals surface area (Å²) < 4.78 is 1.80. The highest BCUT2D eigenvalue weighted by molar-refractivity contribution is 8.00. The van der Waals surface area contributed by atoms with Gasteiger partial charge in [0.25, 0.3) is 0 Å². The minimum Gasteiger partial charge on any atom is -0.278 e. The van der Waals surface area contributed by atoms with Crippen molar-refractivity contribution >= 4 is 29.5 Å². The molecule has 1 aromatic carbocycles. The zero-order valence-corrected chi connectivity index (χ0v) is 13.6. The largest absolute Gasteiger partial charge is 0.278 e. The van der Waals surface area contributed by atoms with E-state index in [4.69, 9.17) is 0 Å². The molecule has 0 fully saturated rings. The van der Waals surface area contributed by atoms with Gasteiger partial charge in [0, 0.05) is 12.8 Å². The molecule has 4 heteroatoms. The molecule has 0 saturated heterocycles. The quantitative estimate of drug-likeness (QED) is 0.579. The van der Waals surface area contributed by atoms with Gasteiger partial charge >= 0.3 is 0 Å². The minimum absolute atomic E-state index is 0.183. The highest BCUT2D eigenvalue weighted by Gasteiger charge is 2.15. The van der Waals surface area contributed by atoms with Gasteiger partial charge in [-0.1, -0.05) is 49.8 Å². The van der Waals surface area contributed by atoms with Gasteiger partial charge in [0.2, 0.25) is 5.91 Å². The fraction of sp³-hybridized carbons (Fsp3) is 0.400. The Morgan fingerprint density at radius 2 is 1.79 bits per heavy atom. The Bertz CT molecular complexity index is 390. The normalized spacial score (nSPS) is 13.1. The van der Waals surface area contributed by atoms with Crippen molar-refractivity contribution in [2.45, 2.75) is 33.7 Å². The van der Waals surface area contributed by atoms with Crippen LogP contribution in [0, 0.1) is 6.92 Å². The minimum atomic E-state index is 0.183. The van der Waals surface area contributed by atoms with Gasteiger partial charge in [-0.3, -0.25) is 9.10 Å². The first kappa shape index (κ1) is 18.1. The lowest BCUT2D eigenvalue weighted by Gasteiger charge is -2.21. The van der Waals surface area contributed by atoms with E-state index in [0.717, 1.165) is 0 Å². The molecule has 1 aliphatic heterocycles. The van der Waals surface area contributed by atoms with Crippen LogP contribution in [-0.4, -0.2) is 16.6 Å². The topological polar surface area (TPSA) is 20.3 Å². The molecule has 2 nitrogen and oxygen atoms in total. The summed E-state index contributed by atoms with van der Waals surface area (Å²) in [5.74, 6) is 0.183. The van der Waals surface area contributed by atoms with Crippen LogP contribution in [0.4, 0.5) is 0 Å². The molecule has 1 aromatic rings. The molecule has 0 unspecified atom stereocenters. The Morgan fingerprint density at radius 3 is 2.32 bits per heavy atom. The van der Waals surface area contributed by atoms with Crippen LogP contribution in [0.3, 0.4) is 0 Å². The van der Waals surface area contributed by atoms with Crippen LogP contribution in [-0.2, 0) is 11.3 Å². The number of halogens is 1. The predicted molar refractivity (Wildman–Crippen MR) is 86.2 cm³/mol. The average Bonchev–Trinajstić information content (AvgIpc) is 2.48. The molecule has 1 amide bonds. The van der Waals surface area contributed by atoms with E-state index < -0.39 is 0 Å². The highest BCUT2D eigenvalue weighted by atomic mass is 35.5. The second-order valence-electron chi connectivity index (χ2n) is 3.60. The molecule has 0 aliphatic carbocycles. The van der Waals surface area contributed by atoms with E-state index in [0.29, 0.717) is 13.0 Å². The summed E-state index contributed by atoms with van der Waals surface area (Å²) in [6, 6.07) is 8.29. The molecule has 0 saturated carbocycles. The number of nitrogens with zero attached hydrogens (tertiary/aromatic N) is 1. The Balaban J connectivity index is 0.000000741. The first-order valence-corrected chi connectivity index (χ1v) is 7.90. The number of alkyl halides is 1. The molecular formula is C15H22ClNOS. The van der Waals surface area contributed by atoms with E-state index in [9.17, 15) is 4.79 Å². The van der Waals surface area contributed by atoms with Crippen molar-refractivity contribution in [2.24, 2.45) is 0 Å². The fourth-order valence-electron chi connectivity index (χ4n) is 1.41. The second-order valence-corrected chi connectivity index (χ2v) is 4.52. The smallest absolute Gasteiger partial charge is 0.236 e. The van der Waals surface area contributed by atoms with Crippen LogP contribution < -0.4 is 0 Å². The van der Waals surface area contributed by atoms with Crippen molar-refractivity contribution < 1.29 is 4.79 Å². The molecule has 1 heterocycles. The summed E-state index contributed by atoms with van der Waals surface area (Å²) in [6.07, 6.45) is 3.90. The first-order valence-electron chi connectivity index (χ1n) is 6.31. The zero-order chi connectivity index (χ0) is 14.7. The second kappa shape index (κ2) is 10.9. The van der Waals surface area contributed by atoms with Gasteiger partial charge in [0.1, 0.15) is 0 Å². The number of hydrogen-bond acceptors (Lipinski definition) is 2. The zero-order valence-electron chi connectivity index (χ0n) is 12.0. The highest BCUT2D eigenvalue weighted by Crippen LogP contribution is 2.22. The van der Waals surface area contributed by atoms with Crippen molar-refractivity contribution in [2.75, 3.05) is 6.38 Å². The number of carbonyl (C=O) groups excluding carboxylic acids is 1. The lowest BCUT2D eigenvalue weighted by molar-refractivity contribution is -0.125. The molecule has 0 bridgehead atoms. The third-order valence-corrected chi connectivity index (χ3v) is 3.20. The van der Waals surface area contributed by atoms with E-state index in [1.165, 1.54) is 29.5 Å². The van der Waals surface area contributed by atoms with Crippen molar-refractivity contribution in [1.29, 1.82) is 0 Å². The van der Waals surface area contributed by atoms with Gasteiger partial charge in [-0.15, -0.1) is 11.6 Å². The molecule has 0 N–H and O–H groups in total. The van der Waals surface area contributed by atoms with Gasteiger partial charge in [0.05, 0.1) is 6.54 Å². The number of carbonyl (C=O) groups is 1. The Hall–Kier alpha value is -0.930. The Morgan fingerprint density at radius 1 is 1.21 bits per heavy atom. The summed E-state index contributed by atoms with van der Waals surface area (Å²) in [7, 11) is 0. The van der Waals surface area contributed by atoms with E-state index in [-0.39, 0.29) is 5.91 Å². The van der Waals surface area contributed by atoms with E-state index in [1.807, 2.05) is 25.3 Å². The molecule has 106 valence electrons. The molecule has 0 atom stereocenters. The van der Waals surface area contributed by atoms with Crippen LogP contribution >= 0.6 is 23.5 Å². The van der Waals surface area contributed by atoms with Gasteiger partial charge in [-0.05, 0) is 29.8 Å². The third-order valence-electron chi connectivity index (χ3n) is 2.30. The van der Waals surface area contributed by atoms with E-state index in [2.05, 4.69) is 42.8 Å². The van der Waals surface area contributed by atoms with Crippen molar-refractivity contribution in [1.82, 2.24) is 4.31 Å². The molecule has 0 radical (unpaired) electrons. The third kappa shape index (κ3) is 6.69. The monoisotopic (exact) mass is 299 g/mol. The van der Waals surface area contributed by atoms with Gasteiger partial charge in [-0.2, -0.15) is 0 Å². The lowest BCUT2D eigenvalue weighted by atomic mass is 10.1.